The zero-order valence-corrected chi connectivity index (χ0v) is 19.7. The Bertz CT molecular complexity index is 1140. The Morgan fingerprint density at radius 2 is 1.74 bits per heavy atom. The summed E-state index contributed by atoms with van der Waals surface area (Å²) in [6.45, 7) is 4.50. The lowest BCUT2D eigenvalue weighted by Crippen LogP contribution is -2.28. The molecular weight excluding hydrogens is 450 g/mol. The van der Waals surface area contributed by atoms with E-state index in [1.165, 1.54) is 3.71 Å². The van der Waals surface area contributed by atoms with Crippen molar-refractivity contribution >= 4 is 45.7 Å². The quantitative estimate of drug-likeness (QED) is 0.246. The van der Waals surface area contributed by atoms with Gasteiger partial charge >= 0.3 is 0 Å². The van der Waals surface area contributed by atoms with Crippen LogP contribution in [0.2, 0.25) is 5.02 Å². The van der Waals surface area contributed by atoms with Crippen molar-refractivity contribution in [3.63, 3.8) is 0 Å². The predicted molar refractivity (Wildman–Crippen MR) is 130 cm³/mol. The molecule has 0 aliphatic rings. The minimum absolute atomic E-state index is 0.238. The van der Waals surface area contributed by atoms with Gasteiger partial charge in [-0.1, -0.05) is 59.6 Å². The van der Waals surface area contributed by atoms with Crippen LogP contribution in [0.1, 0.15) is 16.7 Å². The Morgan fingerprint density at radius 3 is 2.42 bits per heavy atom. The van der Waals surface area contributed by atoms with E-state index in [9.17, 15) is 8.42 Å². The highest BCUT2D eigenvalue weighted by atomic mass is 35.5. The second-order valence-electron chi connectivity index (χ2n) is 6.95. The SMILES string of the molecule is Cc1ccc(S(=O)(=O)N(Cc2ccccc2)SNCC=Nc2ccc(Cl)cc2C)cc1. The van der Waals surface area contributed by atoms with Crippen molar-refractivity contribution in [3.8, 4) is 0 Å². The van der Waals surface area contributed by atoms with Crippen molar-refractivity contribution in [2.24, 2.45) is 4.99 Å². The summed E-state index contributed by atoms with van der Waals surface area (Å²) in [5, 5.41) is 0.669. The molecule has 0 saturated heterocycles. The van der Waals surface area contributed by atoms with Crippen LogP contribution in [0.15, 0.2) is 82.7 Å². The van der Waals surface area contributed by atoms with Gasteiger partial charge in [-0.15, -0.1) is 3.71 Å². The summed E-state index contributed by atoms with van der Waals surface area (Å²) in [5.41, 5.74) is 3.71. The summed E-state index contributed by atoms with van der Waals surface area (Å²) in [6, 6.07) is 21.9. The summed E-state index contributed by atoms with van der Waals surface area (Å²) in [6.07, 6.45) is 1.71. The van der Waals surface area contributed by atoms with E-state index >= 15 is 0 Å². The maximum atomic E-state index is 13.2. The van der Waals surface area contributed by atoms with Gasteiger partial charge in [0, 0.05) is 29.9 Å². The third-order valence-corrected chi connectivity index (χ3v) is 7.68. The van der Waals surface area contributed by atoms with Gasteiger partial charge in [-0.3, -0.25) is 4.99 Å². The summed E-state index contributed by atoms with van der Waals surface area (Å²) in [4.78, 5) is 4.69. The maximum absolute atomic E-state index is 13.2. The highest BCUT2D eigenvalue weighted by Gasteiger charge is 2.25. The van der Waals surface area contributed by atoms with Crippen molar-refractivity contribution in [3.05, 3.63) is 94.5 Å². The molecule has 31 heavy (non-hydrogen) atoms. The number of aryl methyl sites for hydroxylation is 2. The van der Waals surface area contributed by atoms with Crippen molar-refractivity contribution in [2.75, 3.05) is 6.54 Å². The van der Waals surface area contributed by atoms with Crippen molar-refractivity contribution < 1.29 is 8.42 Å². The number of sulfonamides is 1. The number of rotatable bonds is 9. The maximum Gasteiger partial charge on any atom is 0.253 e. The molecule has 0 radical (unpaired) electrons. The van der Waals surface area contributed by atoms with E-state index in [0.717, 1.165) is 34.5 Å². The first-order valence-electron chi connectivity index (χ1n) is 9.68. The number of hydrogen-bond acceptors (Lipinski definition) is 5. The summed E-state index contributed by atoms with van der Waals surface area (Å²) in [5.74, 6) is 0. The minimum Gasteiger partial charge on any atom is -0.260 e. The molecule has 0 aliphatic carbocycles. The van der Waals surface area contributed by atoms with Crippen LogP contribution < -0.4 is 4.72 Å². The van der Waals surface area contributed by atoms with Crippen molar-refractivity contribution in [1.82, 2.24) is 8.43 Å². The van der Waals surface area contributed by atoms with E-state index in [4.69, 9.17) is 11.6 Å². The van der Waals surface area contributed by atoms with Gasteiger partial charge in [-0.25, -0.2) is 13.1 Å². The molecule has 0 aromatic heterocycles. The standard InChI is InChI=1S/C23H24ClN3O2S2/c1-18-8-11-22(12-9-18)31(28,29)27(17-20-6-4-3-5-7-20)30-26-15-14-25-23-13-10-21(24)16-19(23)2/h3-14,16,26H,15,17H2,1-2H3. The number of aliphatic imine (C=N–C) groups is 1. The predicted octanol–water partition coefficient (Wildman–Crippen LogP) is 5.70. The minimum atomic E-state index is -3.69. The van der Waals surface area contributed by atoms with Gasteiger partial charge in [0.1, 0.15) is 0 Å². The van der Waals surface area contributed by atoms with Crippen LogP contribution in [0, 0.1) is 13.8 Å². The molecule has 0 aliphatic heterocycles. The van der Waals surface area contributed by atoms with Crippen LogP contribution >= 0.6 is 23.7 Å². The summed E-state index contributed by atoms with van der Waals surface area (Å²) >= 11 is 7.02. The van der Waals surface area contributed by atoms with Crippen molar-refractivity contribution in [2.45, 2.75) is 25.3 Å². The fraction of sp³-hybridized carbons (Fsp3) is 0.174. The van der Waals surface area contributed by atoms with Gasteiger partial charge < -0.3 is 0 Å². The van der Waals surface area contributed by atoms with Crippen LogP contribution in [0.25, 0.3) is 0 Å². The second-order valence-corrected chi connectivity index (χ2v) is 10.4. The fourth-order valence-electron chi connectivity index (χ4n) is 2.78. The van der Waals surface area contributed by atoms with E-state index in [-0.39, 0.29) is 11.4 Å². The van der Waals surface area contributed by atoms with E-state index < -0.39 is 10.0 Å². The topological polar surface area (TPSA) is 61.8 Å². The van der Waals surface area contributed by atoms with Crippen LogP contribution in [0.3, 0.4) is 0 Å². The first kappa shape index (κ1) is 23.5. The van der Waals surface area contributed by atoms with Crippen molar-refractivity contribution in [1.29, 1.82) is 0 Å². The lowest BCUT2D eigenvalue weighted by molar-refractivity contribution is 0.539. The molecule has 8 heteroatoms. The lowest BCUT2D eigenvalue weighted by atomic mass is 10.2. The Kier molecular flexibility index (Phi) is 8.28. The molecule has 5 nitrogen and oxygen atoms in total. The fourth-order valence-corrected chi connectivity index (χ4v) is 5.36. The number of halogens is 1. The molecule has 3 aromatic rings. The molecule has 0 spiro atoms. The average Bonchev–Trinajstić information content (AvgIpc) is 2.75. The first-order valence-corrected chi connectivity index (χ1v) is 12.3. The van der Waals surface area contributed by atoms with E-state index in [1.807, 2.05) is 56.3 Å². The average molecular weight is 474 g/mol. The van der Waals surface area contributed by atoms with E-state index in [2.05, 4.69) is 9.71 Å². The van der Waals surface area contributed by atoms with Crippen LogP contribution in [0.4, 0.5) is 5.69 Å². The summed E-state index contributed by atoms with van der Waals surface area (Å²) < 4.78 is 30.9. The molecule has 0 bridgehead atoms. The molecule has 0 saturated carbocycles. The molecule has 0 heterocycles. The Morgan fingerprint density at radius 1 is 1.03 bits per heavy atom. The van der Waals surface area contributed by atoms with Crippen LogP contribution in [-0.4, -0.2) is 24.9 Å². The van der Waals surface area contributed by atoms with Gasteiger partial charge in [-0.05, 0) is 55.3 Å². The molecule has 0 fully saturated rings. The third-order valence-electron chi connectivity index (χ3n) is 4.47. The normalized spacial score (nSPS) is 12.0. The van der Waals surface area contributed by atoms with Gasteiger partial charge in [0.15, 0.2) is 0 Å². The number of hydrogen-bond donors (Lipinski definition) is 1. The number of nitrogens with one attached hydrogen (secondary N) is 1. The first-order chi connectivity index (χ1) is 14.9. The smallest absolute Gasteiger partial charge is 0.253 e. The Balaban J connectivity index is 1.71. The van der Waals surface area contributed by atoms with Gasteiger partial charge in [0.05, 0.1) is 17.1 Å². The zero-order chi connectivity index (χ0) is 22.3. The molecule has 0 unspecified atom stereocenters. The zero-order valence-electron chi connectivity index (χ0n) is 17.3. The molecule has 0 amide bonds. The Labute approximate surface area is 193 Å². The molecule has 1 N–H and O–H groups in total. The van der Waals surface area contributed by atoms with Gasteiger partial charge in [0.2, 0.25) is 0 Å². The third kappa shape index (κ3) is 6.66. The van der Waals surface area contributed by atoms with E-state index in [0.29, 0.717) is 11.6 Å². The second kappa shape index (κ2) is 10.9. The van der Waals surface area contributed by atoms with E-state index in [1.54, 1.807) is 36.5 Å². The molecule has 0 atom stereocenters. The molecule has 3 rings (SSSR count). The summed E-state index contributed by atoms with van der Waals surface area (Å²) in [7, 11) is -3.69. The van der Waals surface area contributed by atoms with Gasteiger partial charge in [0.25, 0.3) is 10.0 Å². The molecular formula is C23H24ClN3O2S2. The molecule has 3 aromatic carbocycles. The van der Waals surface area contributed by atoms with Crippen LogP contribution in [-0.2, 0) is 16.6 Å². The monoisotopic (exact) mass is 473 g/mol. The lowest BCUT2D eigenvalue weighted by Gasteiger charge is -2.21. The van der Waals surface area contributed by atoms with Gasteiger partial charge in [-0.2, -0.15) is 0 Å². The Hall–Kier alpha value is -2.16. The highest BCUT2D eigenvalue weighted by molar-refractivity contribution is 8.07. The van der Waals surface area contributed by atoms with Crippen LogP contribution in [0.5, 0.6) is 0 Å². The number of benzene rings is 3. The largest absolute Gasteiger partial charge is 0.260 e. The number of nitrogens with zero attached hydrogens (tertiary/aromatic N) is 2. The highest BCUT2D eigenvalue weighted by Crippen LogP contribution is 2.25. The molecule has 162 valence electrons.